The second-order valence-electron chi connectivity index (χ2n) is 3.76. The van der Waals surface area contributed by atoms with Gasteiger partial charge in [-0.05, 0) is 18.9 Å². The van der Waals surface area contributed by atoms with Crippen molar-refractivity contribution < 1.29 is 0 Å². The third-order valence-electron chi connectivity index (χ3n) is 2.16. The van der Waals surface area contributed by atoms with Crippen molar-refractivity contribution in [1.82, 2.24) is 9.97 Å². The Balaban J connectivity index is 2.64. The zero-order chi connectivity index (χ0) is 9.84. The molecule has 0 fully saturated rings. The van der Waals surface area contributed by atoms with Gasteiger partial charge in [-0.3, -0.25) is 0 Å². The van der Waals surface area contributed by atoms with E-state index in [9.17, 15) is 0 Å². The molecular formula is C10H17N3. The van der Waals surface area contributed by atoms with Crippen LogP contribution in [-0.2, 0) is 6.42 Å². The fourth-order valence-corrected chi connectivity index (χ4v) is 1.10. The van der Waals surface area contributed by atoms with Gasteiger partial charge in [-0.1, -0.05) is 13.8 Å². The molecule has 1 aromatic heterocycles. The normalized spacial score (nSPS) is 13.3. The van der Waals surface area contributed by atoms with Crippen LogP contribution in [-0.4, -0.2) is 16.0 Å². The summed E-state index contributed by atoms with van der Waals surface area (Å²) in [6, 6.07) is 2.18. The van der Waals surface area contributed by atoms with Gasteiger partial charge in [0.25, 0.3) is 0 Å². The van der Waals surface area contributed by atoms with Crippen LogP contribution in [0.4, 0.5) is 0 Å². The van der Waals surface area contributed by atoms with Gasteiger partial charge >= 0.3 is 0 Å². The molecule has 0 aromatic carbocycles. The summed E-state index contributed by atoms with van der Waals surface area (Å²) < 4.78 is 0. The largest absolute Gasteiger partial charge is 0.327 e. The molecule has 0 saturated heterocycles. The van der Waals surface area contributed by atoms with Crippen molar-refractivity contribution in [2.75, 3.05) is 0 Å². The summed E-state index contributed by atoms with van der Waals surface area (Å²) in [7, 11) is 0. The summed E-state index contributed by atoms with van der Waals surface area (Å²) in [5.41, 5.74) is 7.97. The molecule has 2 N–H and O–H groups in total. The smallest absolute Gasteiger partial charge is 0.115 e. The van der Waals surface area contributed by atoms with Gasteiger partial charge in [0.1, 0.15) is 6.33 Å². The molecule has 0 aliphatic rings. The summed E-state index contributed by atoms with van der Waals surface area (Å²) in [5, 5.41) is 0. The molecule has 0 aliphatic carbocycles. The fraction of sp³-hybridized carbons (Fsp3) is 0.600. The van der Waals surface area contributed by atoms with Gasteiger partial charge in [0.2, 0.25) is 0 Å². The van der Waals surface area contributed by atoms with Crippen LogP contribution in [0.25, 0.3) is 0 Å². The van der Waals surface area contributed by atoms with Crippen LogP contribution in [0.2, 0.25) is 0 Å². The lowest BCUT2D eigenvalue weighted by molar-refractivity contribution is 0.486. The van der Waals surface area contributed by atoms with Crippen molar-refractivity contribution in [2.24, 2.45) is 11.7 Å². The summed E-state index contributed by atoms with van der Waals surface area (Å²) in [6.07, 6.45) is 2.43. The molecule has 0 bridgehead atoms. The van der Waals surface area contributed by atoms with E-state index in [0.717, 1.165) is 17.8 Å². The maximum atomic E-state index is 5.94. The molecule has 0 saturated carbocycles. The first kappa shape index (κ1) is 10.1. The van der Waals surface area contributed by atoms with Crippen LogP contribution in [0.5, 0.6) is 0 Å². The summed E-state index contributed by atoms with van der Waals surface area (Å²) in [4.78, 5) is 8.21. The Morgan fingerprint density at radius 2 is 2.08 bits per heavy atom. The molecule has 13 heavy (non-hydrogen) atoms. The zero-order valence-electron chi connectivity index (χ0n) is 8.49. The van der Waals surface area contributed by atoms with Gasteiger partial charge in [0, 0.05) is 23.9 Å². The van der Waals surface area contributed by atoms with Crippen molar-refractivity contribution in [3.8, 4) is 0 Å². The van der Waals surface area contributed by atoms with Gasteiger partial charge < -0.3 is 5.73 Å². The number of rotatable bonds is 3. The van der Waals surface area contributed by atoms with Gasteiger partial charge in [-0.15, -0.1) is 0 Å². The van der Waals surface area contributed by atoms with E-state index in [0.29, 0.717) is 5.92 Å². The maximum Gasteiger partial charge on any atom is 0.115 e. The minimum absolute atomic E-state index is 0.189. The predicted octanol–water partition coefficient (Wildman–Crippen LogP) is 1.31. The van der Waals surface area contributed by atoms with Crippen molar-refractivity contribution >= 4 is 0 Å². The van der Waals surface area contributed by atoms with E-state index in [1.165, 1.54) is 0 Å². The Morgan fingerprint density at radius 3 is 2.62 bits per heavy atom. The van der Waals surface area contributed by atoms with Crippen molar-refractivity contribution in [3.05, 3.63) is 23.8 Å². The van der Waals surface area contributed by atoms with Crippen molar-refractivity contribution in [1.29, 1.82) is 0 Å². The van der Waals surface area contributed by atoms with E-state index in [2.05, 4.69) is 23.8 Å². The van der Waals surface area contributed by atoms with E-state index < -0.39 is 0 Å². The van der Waals surface area contributed by atoms with Crippen molar-refractivity contribution in [2.45, 2.75) is 33.2 Å². The van der Waals surface area contributed by atoms with Crippen LogP contribution in [0.15, 0.2) is 12.4 Å². The lowest BCUT2D eigenvalue weighted by atomic mass is 10.0. The molecular weight excluding hydrogens is 162 g/mol. The number of aryl methyl sites for hydroxylation is 1. The lowest BCUT2D eigenvalue weighted by Gasteiger charge is -2.14. The standard InChI is InChI=1S/C10H17N3/c1-7(2)10(11)5-9-4-8(3)12-6-13-9/h4,6-7,10H,5,11H2,1-3H3. The Bertz CT molecular complexity index is 271. The number of nitrogens with two attached hydrogens (primary N) is 1. The van der Waals surface area contributed by atoms with Crippen LogP contribution in [0.1, 0.15) is 25.2 Å². The van der Waals surface area contributed by atoms with E-state index in [4.69, 9.17) is 5.73 Å². The lowest BCUT2D eigenvalue weighted by Crippen LogP contribution is -2.29. The number of nitrogens with zero attached hydrogens (tertiary/aromatic N) is 2. The fourth-order valence-electron chi connectivity index (χ4n) is 1.10. The third kappa shape index (κ3) is 3.11. The zero-order valence-corrected chi connectivity index (χ0v) is 8.49. The average Bonchev–Trinajstić information content (AvgIpc) is 2.04. The summed E-state index contributed by atoms with van der Waals surface area (Å²) in [6.45, 7) is 6.21. The first-order chi connectivity index (χ1) is 6.09. The Morgan fingerprint density at radius 1 is 1.38 bits per heavy atom. The molecule has 1 heterocycles. The maximum absolute atomic E-state index is 5.94. The monoisotopic (exact) mass is 179 g/mol. The van der Waals surface area contributed by atoms with E-state index in [-0.39, 0.29) is 6.04 Å². The third-order valence-corrected chi connectivity index (χ3v) is 2.16. The SMILES string of the molecule is Cc1cc(CC(N)C(C)C)ncn1. The first-order valence-electron chi connectivity index (χ1n) is 4.62. The molecule has 0 spiro atoms. The van der Waals surface area contributed by atoms with Crippen LogP contribution >= 0.6 is 0 Å². The van der Waals surface area contributed by atoms with Gasteiger partial charge in [-0.2, -0.15) is 0 Å². The molecule has 1 unspecified atom stereocenters. The number of hydrogen-bond acceptors (Lipinski definition) is 3. The highest BCUT2D eigenvalue weighted by Gasteiger charge is 2.09. The van der Waals surface area contributed by atoms with E-state index in [1.807, 2.05) is 13.0 Å². The Kier molecular flexibility index (Phi) is 3.37. The van der Waals surface area contributed by atoms with Crippen LogP contribution in [0, 0.1) is 12.8 Å². The average molecular weight is 179 g/mol. The number of hydrogen-bond donors (Lipinski definition) is 1. The van der Waals surface area contributed by atoms with Gasteiger partial charge in [-0.25, -0.2) is 9.97 Å². The van der Waals surface area contributed by atoms with Gasteiger partial charge in [0.15, 0.2) is 0 Å². The molecule has 0 radical (unpaired) electrons. The molecule has 3 heteroatoms. The Labute approximate surface area is 79.4 Å². The van der Waals surface area contributed by atoms with Crippen LogP contribution < -0.4 is 5.73 Å². The molecule has 1 rings (SSSR count). The molecule has 1 atom stereocenters. The minimum atomic E-state index is 0.189. The summed E-state index contributed by atoms with van der Waals surface area (Å²) in [5.74, 6) is 0.496. The molecule has 1 aromatic rings. The Hall–Kier alpha value is -0.960. The van der Waals surface area contributed by atoms with Gasteiger partial charge in [0.05, 0.1) is 0 Å². The quantitative estimate of drug-likeness (QED) is 0.761. The topological polar surface area (TPSA) is 51.8 Å². The van der Waals surface area contributed by atoms with E-state index in [1.54, 1.807) is 6.33 Å². The molecule has 72 valence electrons. The van der Waals surface area contributed by atoms with E-state index >= 15 is 0 Å². The second-order valence-corrected chi connectivity index (χ2v) is 3.76. The predicted molar refractivity (Wildman–Crippen MR) is 53.3 cm³/mol. The highest BCUT2D eigenvalue weighted by molar-refractivity contribution is 5.07. The number of aromatic nitrogens is 2. The first-order valence-corrected chi connectivity index (χ1v) is 4.62. The van der Waals surface area contributed by atoms with Crippen molar-refractivity contribution in [3.63, 3.8) is 0 Å². The highest BCUT2D eigenvalue weighted by Crippen LogP contribution is 2.06. The van der Waals surface area contributed by atoms with Crippen LogP contribution in [0.3, 0.4) is 0 Å². The second kappa shape index (κ2) is 4.33. The molecule has 0 aliphatic heterocycles. The minimum Gasteiger partial charge on any atom is -0.327 e. The highest BCUT2D eigenvalue weighted by atomic mass is 14.8. The molecule has 0 amide bonds. The molecule has 3 nitrogen and oxygen atoms in total. The summed E-state index contributed by atoms with van der Waals surface area (Å²) >= 11 is 0.